The van der Waals surface area contributed by atoms with E-state index in [0.717, 1.165) is 36.3 Å². The predicted octanol–water partition coefficient (Wildman–Crippen LogP) is 5.90. The SMILES string of the molecule is [2H]C([2H])([2H])Oc1cc(N2CCC(N(C)C)CC2)ccc1Nc1nc(Nc2ccccc2S(=O)(=O)C(C)C)c2sccc2n1. The van der Waals surface area contributed by atoms with Gasteiger partial charge < -0.3 is 25.2 Å². The number of anilines is 5. The molecular formula is C29H36N6O3S2. The first kappa shape index (κ1) is 24.4. The van der Waals surface area contributed by atoms with E-state index in [1.807, 2.05) is 17.5 Å². The number of benzene rings is 2. The predicted molar refractivity (Wildman–Crippen MR) is 165 cm³/mol. The molecule has 3 heterocycles. The van der Waals surface area contributed by atoms with Gasteiger partial charge in [0.25, 0.3) is 0 Å². The van der Waals surface area contributed by atoms with E-state index in [1.54, 1.807) is 50.2 Å². The number of nitrogens with zero attached hydrogens (tertiary/aromatic N) is 4. The fraction of sp³-hybridized carbons (Fsp3) is 0.379. The zero-order valence-corrected chi connectivity index (χ0v) is 24.6. The van der Waals surface area contributed by atoms with Crippen molar-refractivity contribution < 1.29 is 17.3 Å². The number of methoxy groups -OCH3 is 1. The molecule has 0 amide bonds. The molecule has 2 aromatic carbocycles. The van der Waals surface area contributed by atoms with Crippen molar-refractivity contribution in [3.05, 3.63) is 53.9 Å². The lowest BCUT2D eigenvalue weighted by atomic mass is 10.0. The molecule has 1 aliphatic rings. The van der Waals surface area contributed by atoms with Crippen molar-refractivity contribution in [3.63, 3.8) is 0 Å². The van der Waals surface area contributed by atoms with Crippen molar-refractivity contribution in [2.24, 2.45) is 0 Å². The number of aromatic nitrogens is 2. The van der Waals surface area contributed by atoms with Crippen LogP contribution < -0.4 is 20.3 Å². The average molecular weight is 584 g/mol. The van der Waals surface area contributed by atoms with Crippen LogP contribution in [-0.2, 0) is 9.84 Å². The molecule has 0 atom stereocenters. The molecule has 1 saturated heterocycles. The van der Waals surface area contributed by atoms with Crippen LogP contribution in [0.25, 0.3) is 10.2 Å². The van der Waals surface area contributed by atoms with E-state index in [9.17, 15) is 8.42 Å². The Balaban J connectivity index is 1.48. The second-order valence-corrected chi connectivity index (χ2v) is 13.7. The number of ether oxygens (including phenoxy) is 1. The number of thiophene rings is 1. The summed E-state index contributed by atoms with van der Waals surface area (Å²) in [5.41, 5.74) is 2.32. The topological polar surface area (TPSA) is 99.7 Å². The fourth-order valence-electron chi connectivity index (χ4n) is 4.86. The summed E-state index contributed by atoms with van der Waals surface area (Å²) in [6, 6.07) is 14.5. The van der Waals surface area contributed by atoms with E-state index >= 15 is 0 Å². The minimum Gasteiger partial charge on any atom is -0.494 e. The molecule has 0 spiro atoms. The molecule has 0 saturated carbocycles. The third kappa shape index (κ3) is 5.72. The Bertz CT molecular complexity index is 1700. The van der Waals surface area contributed by atoms with Crippen molar-refractivity contribution in [3.8, 4) is 5.75 Å². The summed E-state index contributed by atoms with van der Waals surface area (Å²) >= 11 is 1.43. The molecule has 1 aliphatic heterocycles. The van der Waals surface area contributed by atoms with Crippen LogP contribution in [0.2, 0.25) is 0 Å². The highest BCUT2D eigenvalue weighted by molar-refractivity contribution is 7.92. The van der Waals surface area contributed by atoms with Gasteiger partial charge in [-0.15, -0.1) is 11.3 Å². The Labute approximate surface area is 244 Å². The van der Waals surface area contributed by atoms with E-state index in [-0.39, 0.29) is 16.6 Å². The van der Waals surface area contributed by atoms with Gasteiger partial charge in [0.05, 0.1) is 42.9 Å². The van der Waals surface area contributed by atoms with Crippen molar-refractivity contribution in [1.29, 1.82) is 0 Å². The highest BCUT2D eigenvalue weighted by atomic mass is 32.2. The molecule has 0 bridgehead atoms. The molecule has 5 rings (SSSR count). The van der Waals surface area contributed by atoms with E-state index in [0.29, 0.717) is 28.8 Å². The molecule has 0 radical (unpaired) electrons. The fourth-order valence-corrected chi connectivity index (χ4v) is 6.84. The second-order valence-electron chi connectivity index (χ2n) is 10.3. The summed E-state index contributed by atoms with van der Waals surface area (Å²) in [6.45, 7) is 4.99. The Kier molecular flexibility index (Phi) is 7.07. The third-order valence-electron chi connectivity index (χ3n) is 7.25. The molecule has 9 nitrogen and oxygen atoms in total. The summed E-state index contributed by atoms with van der Waals surface area (Å²) in [4.78, 5) is 14.0. The van der Waals surface area contributed by atoms with Gasteiger partial charge in [-0.3, -0.25) is 0 Å². The number of piperidine rings is 1. The first-order chi connectivity index (χ1) is 20.3. The van der Waals surface area contributed by atoms with Crippen LogP contribution in [0.15, 0.2) is 58.8 Å². The maximum absolute atomic E-state index is 13.1. The van der Waals surface area contributed by atoms with E-state index < -0.39 is 22.1 Å². The summed E-state index contributed by atoms with van der Waals surface area (Å²) in [5.74, 6) is 0.782. The van der Waals surface area contributed by atoms with Crippen LogP contribution in [0, 0.1) is 0 Å². The van der Waals surface area contributed by atoms with Gasteiger partial charge in [0.1, 0.15) is 5.75 Å². The first-order valence-corrected chi connectivity index (χ1v) is 15.6. The highest BCUT2D eigenvalue weighted by Crippen LogP contribution is 2.36. The standard InChI is InChI=1S/C29H36N6O3S2/c1-19(2)40(36,37)26-9-7-6-8-23(26)30-28-27-24(14-17-39-27)32-29(33-28)31-22-11-10-21(18-25(22)38-5)35-15-12-20(13-16-35)34(3)4/h6-11,14,17-20H,12-13,15-16H2,1-5H3,(H2,30,31,32,33)/i5D3. The molecule has 0 unspecified atom stereocenters. The molecule has 11 heteroatoms. The molecule has 0 aliphatic carbocycles. The number of hydrogen-bond donors (Lipinski definition) is 2. The normalized spacial score (nSPS) is 16.1. The van der Waals surface area contributed by atoms with Gasteiger partial charge in [-0.2, -0.15) is 4.98 Å². The quantitative estimate of drug-likeness (QED) is 0.249. The first-order valence-electron chi connectivity index (χ1n) is 14.7. The van der Waals surface area contributed by atoms with Crippen LogP contribution in [-0.4, -0.2) is 68.8 Å². The highest BCUT2D eigenvalue weighted by Gasteiger charge is 2.24. The van der Waals surface area contributed by atoms with E-state index in [4.69, 9.17) is 8.85 Å². The maximum Gasteiger partial charge on any atom is 0.229 e. The minimum absolute atomic E-state index is 0.157. The number of hydrogen-bond acceptors (Lipinski definition) is 10. The lowest BCUT2D eigenvalue weighted by Crippen LogP contribution is -2.41. The molecule has 4 aromatic rings. The largest absolute Gasteiger partial charge is 0.494 e. The average Bonchev–Trinajstić information content (AvgIpc) is 3.42. The molecule has 40 heavy (non-hydrogen) atoms. The van der Waals surface area contributed by atoms with Gasteiger partial charge >= 0.3 is 0 Å². The number of sulfone groups is 1. The third-order valence-corrected chi connectivity index (χ3v) is 10.4. The van der Waals surface area contributed by atoms with Crippen LogP contribution in [0.4, 0.5) is 28.8 Å². The molecule has 2 aromatic heterocycles. The summed E-state index contributed by atoms with van der Waals surface area (Å²) < 4.78 is 55.6. The summed E-state index contributed by atoms with van der Waals surface area (Å²) in [5, 5.41) is 7.64. The van der Waals surface area contributed by atoms with Gasteiger partial charge in [-0.1, -0.05) is 12.1 Å². The van der Waals surface area contributed by atoms with Gasteiger partial charge in [-0.05, 0) is 76.5 Å². The Morgan fingerprint density at radius 2 is 1.85 bits per heavy atom. The summed E-state index contributed by atoms with van der Waals surface area (Å²) in [6.07, 6.45) is 2.02. The minimum atomic E-state index is -3.56. The molecule has 2 N–H and O–H groups in total. The molecule has 212 valence electrons. The number of fused-ring (bicyclic) bond motifs is 1. The molecule has 1 fully saturated rings. The van der Waals surface area contributed by atoms with Crippen molar-refractivity contribution in [2.75, 3.05) is 49.8 Å². The lowest BCUT2D eigenvalue weighted by molar-refractivity contribution is 0.249. The van der Waals surface area contributed by atoms with Crippen molar-refractivity contribution >= 4 is 60.2 Å². The van der Waals surface area contributed by atoms with Gasteiger partial charge in [0.15, 0.2) is 15.7 Å². The van der Waals surface area contributed by atoms with Gasteiger partial charge in [-0.25, -0.2) is 13.4 Å². The van der Waals surface area contributed by atoms with Crippen molar-refractivity contribution in [2.45, 2.75) is 42.9 Å². The lowest BCUT2D eigenvalue weighted by Gasteiger charge is -2.36. The summed E-state index contributed by atoms with van der Waals surface area (Å²) in [7, 11) is -2.05. The van der Waals surface area contributed by atoms with Crippen LogP contribution >= 0.6 is 11.3 Å². The van der Waals surface area contributed by atoms with Crippen molar-refractivity contribution in [1.82, 2.24) is 14.9 Å². The zero-order chi connectivity index (χ0) is 30.9. The van der Waals surface area contributed by atoms with E-state index in [1.165, 1.54) is 11.3 Å². The number of rotatable bonds is 9. The monoisotopic (exact) mass is 583 g/mol. The zero-order valence-electron chi connectivity index (χ0n) is 26.0. The van der Waals surface area contributed by atoms with Crippen LogP contribution in [0.1, 0.15) is 30.8 Å². The second kappa shape index (κ2) is 11.6. The van der Waals surface area contributed by atoms with E-state index in [2.05, 4.69) is 44.5 Å². The Morgan fingerprint density at radius 3 is 2.58 bits per heavy atom. The smallest absolute Gasteiger partial charge is 0.229 e. The molecular weight excluding hydrogens is 544 g/mol. The Morgan fingerprint density at radius 1 is 1.07 bits per heavy atom. The van der Waals surface area contributed by atoms with Crippen LogP contribution in [0.5, 0.6) is 5.75 Å². The van der Waals surface area contributed by atoms with Gasteiger partial charge in [0.2, 0.25) is 5.95 Å². The van der Waals surface area contributed by atoms with Gasteiger partial charge in [0, 0.05) is 30.9 Å². The number of para-hydroxylation sites is 1. The van der Waals surface area contributed by atoms with Crippen LogP contribution in [0.3, 0.4) is 0 Å². The Hall–Kier alpha value is -3.41. The number of nitrogens with one attached hydrogen (secondary N) is 2. The maximum atomic E-state index is 13.1.